The number of hydrogen-bond donors (Lipinski definition) is 1. The Balaban J connectivity index is 2.05. The minimum Gasteiger partial charge on any atom is -0.396 e. The van der Waals surface area contributed by atoms with Crippen LogP contribution in [0, 0.1) is 11.6 Å². The molecule has 0 bridgehead atoms. The largest absolute Gasteiger partial charge is 0.396 e. The van der Waals surface area contributed by atoms with Crippen LogP contribution in [0.1, 0.15) is 5.56 Å². The van der Waals surface area contributed by atoms with Crippen LogP contribution in [0.25, 0.3) is 0 Å². The molecule has 0 fully saturated rings. The van der Waals surface area contributed by atoms with E-state index in [1.807, 2.05) is 6.07 Å². The van der Waals surface area contributed by atoms with E-state index in [2.05, 4.69) is 0 Å². The highest BCUT2D eigenvalue weighted by Gasteiger charge is 2.01. The summed E-state index contributed by atoms with van der Waals surface area (Å²) in [6.45, 7) is 0. The van der Waals surface area contributed by atoms with Crippen LogP contribution in [0.4, 0.5) is 14.5 Å². The molecule has 2 aromatic carbocycles. The van der Waals surface area contributed by atoms with Gasteiger partial charge in [0.05, 0.1) is 5.69 Å². The molecule has 0 atom stereocenters. The van der Waals surface area contributed by atoms with E-state index in [-0.39, 0.29) is 11.5 Å². The molecule has 0 aliphatic carbocycles. The van der Waals surface area contributed by atoms with Crippen molar-refractivity contribution >= 4 is 17.4 Å². The summed E-state index contributed by atoms with van der Waals surface area (Å²) in [7, 11) is 0. The van der Waals surface area contributed by atoms with Crippen molar-refractivity contribution < 1.29 is 8.78 Å². The molecular formula is C13H11F2NS. The molecule has 2 aromatic rings. The summed E-state index contributed by atoms with van der Waals surface area (Å²) >= 11 is 1.45. The van der Waals surface area contributed by atoms with Crippen LogP contribution in [0.3, 0.4) is 0 Å². The van der Waals surface area contributed by atoms with E-state index in [9.17, 15) is 8.78 Å². The summed E-state index contributed by atoms with van der Waals surface area (Å²) in [5.41, 5.74) is 6.35. The molecule has 4 heteroatoms. The van der Waals surface area contributed by atoms with Crippen LogP contribution >= 0.6 is 11.8 Å². The summed E-state index contributed by atoms with van der Waals surface area (Å²) in [5, 5.41) is 0. The number of anilines is 1. The number of thioether (sulfide) groups is 1. The van der Waals surface area contributed by atoms with Gasteiger partial charge in [-0.1, -0.05) is 12.1 Å². The number of benzene rings is 2. The Hall–Kier alpha value is -1.55. The van der Waals surface area contributed by atoms with E-state index in [1.165, 1.54) is 36.0 Å². The number of nitrogens with two attached hydrogens (primary N) is 1. The van der Waals surface area contributed by atoms with E-state index in [1.54, 1.807) is 12.1 Å². The Bertz CT molecular complexity index is 529. The lowest BCUT2D eigenvalue weighted by molar-refractivity contribution is 0.624. The van der Waals surface area contributed by atoms with E-state index in [0.717, 1.165) is 10.5 Å². The lowest BCUT2D eigenvalue weighted by Crippen LogP contribution is -1.91. The van der Waals surface area contributed by atoms with Crippen LogP contribution in [-0.2, 0) is 5.75 Å². The molecule has 2 rings (SSSR count). The molecule has 17 heavy (non-hydrogen) atoms. The molecule has 0 aromatic heterocycles. The Morgan fingerprint density at radius 2 is 1.88 bits per heavy atom. The number of halogens is 2. The van der Waals surface area contributed by atoms with E-state index in [0.29, 0.717) is 5.75 Å². The fraction of sp³-hybridized carbons (Fsp3) is 0.0769. The van der Waals surface area contributed by atoms with Gasteiger partial charge in [0, 0.05) is 10.6 Å². The van der Waals surface area contributed by atoms with Crippen molar-refractivity contribution in [2.75, 3.05) is 5.73 Å². The van der Waals surface area contributed by atoms with Crippen molar-refractivity contribution in [3.8, 4) is 0 Å². The smallest absolute Gasteiger partial charge is 0.146 e. The first kappa shape index (κ1) is 11.9. The zero-order valence-corrected chi connectivity index (χ0v) is 9.81. The molecule has 0 saturated carbocycles. The lowest BCUT2D eigenvalue weighted by Gasteiger charge is -2.03. The molecule has 0 unspecified atom stereocenters. The van der Waals surface area contributed by atoms with E-state index < -0.39 is 5.82 Å². The highest BCUT2D eigenvalue weighted by atomic mass is 32.2. The Labute approximate surface area is 103 Å². The van der Waals surface area contributed by atoms with Crippen molar-refractivity contribution in [2.45, 2.75) is 10.6 Å². The third kappa shape index (κ3) is 3.20. The maximum absolute atomic E-state index is 13.2. The summed E-state index contributed by atoms with van der Waals surface area (Å²) in [6.07, 6.45) is 0. The fourth-order valence-electron chi connectivity index (χ4n) is 1.38. The standard InChI is InChI=1S/C13H11F2NS/c14-10-2-1-3-11(7-10)17-8-9-4-5-13(16)12(15)6-9/h1-7H,8,16H2. The lowest BCUT2D eigenvalue weighted by atomic mass is 10.2. The zero-order valence-electron chi connectivity index (χ0n) is 8.99. The van der Waals surface area contributed by atoms with Crippen molar-refractivity contribution in [1.82, 2.24) is 0 Å². The molecule has 0 heterocycles. The number of hydrogen-bond acceptors (Lipinski definition) is 2. The number of rotatable bonds is 3. The van der Waals surface area contributed by atoms with Gasteiger partial charge in [-0.3, -0.25) is 0 Å². The van der Waals surface area contributed by atoms with Crippen molar-refractivity contribution in [2.24, 2.45) is 0 Å². The molecule has 0 spiro atoms. The Morgan fingerprint density at radius 3 is 2.59 bits per heavy atom. The Kier molecular flexibility index (Phi) is 3.64. The maximum Gasteiger partial charge on any atom is 0.146 e. The highest BCUT2D eigenvalue weighted by Crippen LogP contribution is 2.24. The number of nitrogen functional groups attached to an aromatic ring is 1. The Morgan fingerprint density at radius 1 is 1.06 bits per heavy atom. The molecule has 0 amide bonds. The van der Waals surface area contributed by atoms with Gasteiger partial charge < -0.3 is 5.73 Å². The minimum atomic E-state index is -0.414. The molecule has 1 nitrogen and oxygen atoms in total. The second kappa shape index (κ2) is 5.19. The third-order valence-corrected chi connectivity index (χ3v) is 3.33. The average Bonchev–Trinajstić information content (AvgIpc) is 2.31. The second-order valence-electron chi connectivity index (χ2n) is 3.60. The molecule has 0 aliphatic rings. The van der Waals surface area contributed by atoms with Gasteiger partial charge in [0.25, 0.3) is 0 Å². The fourth-order valence-corrected chi connectivity index (χ4v) is 2.27. The van der Waals surface area contributed by atoms with Crippen LogP contribution in [-0.4, -0.2) is 0 Å². The summed E-state index contributed by atoms with van der Waals surface area (Å²) in [5.74, 6) is -0.0958. The normalized spacial score (nSPS) is 10.5. The third-order valence-electron chi connectivity index (χ3n) is 2.27. The zero-order chi connectivity index (χ0) is 12.3. The predicted octanol–water partition coefficient (Wildman–Crippen LogP) is 3.84. The van der Waals surface area contributed by atoms with E-state index in [4.69, 9.17) is 5.73 Å². The quantitative estimate of drug-likeness (QED) is 0.662. The molecule has 0 saturated heterocycles. The first-order valence-electron chi connectivity index (χ1n) is 5.07. The molecule has 2 N–H and O–H groups in total. The summed E-state index contributed by atoms with van der Waals surface area (Å²) in [4.78, 5) is 0.822. The molecule has 0 aliphatic heterocycles. The topological polar surface area (TPSA) is 26.0 Å². The first-order chi connectivity index (χ1) is 8.15. The first-order valence-corrected chi connectivity index (χ1v) is 6.06. The van der Waals surface area contributed by atoms with Crippen LogP contribution in [0.2, 0.25) is 0 Å². The van der Waals surface area contributed by atoms with Crippen molar-refractivity contribution in [3.63, 3.8) is 0 Å². The minimum absolute atomic E-state index is 0.143. The SMILES string of the molecule is Nc1ccc(CSc2cccc(F)c2)cc1F. The van der Waals surface area contributed by atoms with Gasteiger partial charge in [0.15, 0.2) is 0 Å². The van der Waals surface area contributed by atoms with Crippen molar-refractivity contribution in [3.05, 3.63) is 59.7 Å². The van der Waals surface area contributed by atoms with Crippen LogP contribution < -0.4 is 5.73 Å². The van der Waals surface area contributed by atoms with Crippen LogP contribution in [0.15, 0.2) is 47.4 Å². The summed E-state index contributed by atoms with van der Waals surface area (Å²) in [6, 6.07) is 11.0. The highest BCUT2D eigenvalue weighted by molar-refractivity contribution is 7.98. The summed E-state index contributed by atoms with van der Waals surface area (Å²) < 4.78 is 26.1. The van der Waals surface area contributed by atoms with Gasteiger partial charge in [0.1, 0.15) is 11.6 Å². The predicted molar refractivity (Wildman–Crippen MR) is 66.8 cm³/mol. The average molecular weight is 251 g/mol. The maximum atomic E-state index is 13.2. The van der Waals surface area contributed by atoms with Gasteiger partial charge in [0.2, 0.25) is 0 Å². The van der Waals surface area contributed by atoms with Gasteiger partial charge in [-0.25, -0.2) is 8.78 Å². The van der Waals surface area contributed by atoms with Crippen molar-refractivity contribution in [1.29, 1.82) is 0 Å². The second-order valence-corrected chi connectivity index (χ2v) is 4.65. The molecule has 0 radical (unpaired) electrons. The van der Waals surface area contributed by atoms with Gasteiger partial charge >= 0.3 is 0 Å². The van der Waals surface area contributed by atoms with Gasteiger partial charge in [-0.15, -0.1) is 11.8 Å². The van der Waals surface area contributed by atoms with Gasteiger partial charge in [-0.2, -0.15) is 0 Å². The molecule has 88 valence electrons. The monoisotopic (exact) mass is 251 g/mol. The molecular weight excluding hydrogens is 240 g/mol. The van der Waals surface area contributed by atoms with Gasteiger partial charge in [-0.05, 0) is 35.9 Å². The van der Waals surface area contributed by atoms with Crippen LogP contribution in [0.5, 0.6) is 0 Å². The van der Waals surface area contributed by atoms with E-state index >= 15 is 0 Å².